The third-order valence-corrected chi connectivity index (χ3v) is 4.33. The highest BCUT2D eigenvalue weighted by molar-refractivity contribution is 5.79. The van der Waals surface area contributed by atoms with Crippen LogP contribution in [0.25, 0.3) is 0 Å². The van der Waals surface area contributed by atoms with Crippen molar-refractivity contribution in [1.29, 1.82) is 0 Å². The van der Waals surface area contributed by atoms with Crippen LogP contribution in [0.2, 0.25) is 0 Å². The summed E-state index contributed by atoms with van der Waals surface area (Å²) in [4.78, 5) is 12.2. The van der Waals surface area contributed by atoms with Crippen LogP contribution in [0.15, 0.2) is 0 Å². The van der Waals surface area contributed by atoms with Crippen molar-refractivity contribution in [1.82, 2.24) is 10.6 Å². The van der Waals surface area contributed by atoms with E-state index < -0.39 is 0 Å². The molecule has 1 aliphatic heterocycles. The second kappa shape index (κ2) is 5.83. The Balaban J connectivity index is 1.88. The molecule has 2 rings (SSSR count). The first-order valence-corrected chi connectivity index (χ1v) is 6.84. The first-order valence-electron chi connectivity index (χ1n) is 6.84. The molecule has 4 nitrogen and oxygen atoms in total. The van der Waals surface area contributed by atoms with Gasteiger partial charge >= 0.3 is 0 Å². The van der Waals surface area contributed by atoms with E-state index in [2.05, 4.69) is 17.6 Å². The molecule has 4 heteroatoms. The normalized spacial score (nSPS) is 38.0. The maximum Gasteiger partial charge on any atom is 0.224 e. The minimum absolute atomic E-state index is 0.108. The second-order valence-corrected chi connectivity index (χ2v) is 5.58. The van der Waals surface area contributed by atoms with Crippen molar-refractivity contribution in [3.05, 3.63) is 0 Å². The number of carbonyl (C=O) groups is 1. The lowest BCUT2D eigenvalue weighted by molar-refractivity contribution is -0.126. The van der Waals surface area contributed by atoms with Crippen molar-refractivity contribution in [2.24, 2.45) is 17.8 Å². The zero-order valence-corrected chi connectivity index (χ0v) is 10.6. The van der Waals surface area contributed by atoms with Gasteiger partial charge in [0.05, 0.1) is 5.92 Å². The van der Waals surface area contributed by atoms with Crippen LogP contribution < -0.4 is 10.6 Å². The van der Waals surface area contributed by atoms with E-state index >= 15 is 0 Å². The SMILES string of the molecule is CC1CNCC1C(=O)NC1CCCCC1CO. The number of aliphatic hydroxyl groups excluding tert-OH is 1. The number of amides is 1. The van der Waals surface area contributed by atoms with Crippen molar-refractivity contribution in [3.63, 3.8) is 0 Å². The monoisotopic (exact) mass is 240 g/mol. The quantitative estimate of drug-likeness (QED) is 0.673. The molecule has 1 amide bonds. The fraction of sp³-hybridized carbons (Fsp3) is 0.923. The topological polar surface area (TPSA) is 61.4 Å². The molecule has 0 aromatic carbocycles. The number of hydrogen-bond donors (Lipinski definition) is 3. The molecule has 0 spiro atoms. The molecule has 1 saturated heterocycles. The van der Waals surface area contributed by atoms with Gasteiger partial charge in [0.1, 0.15) is 0 Å². The predicted molar refractivity (Wildman–Crippen MR) is 66.5 cm³/mol. The molecule has 3 N–H and O–H groups in total. The largest absolute Gasteiger partial charge is 0.396 e. The van der Waals surface area contributed by atoms with Gasteiger partial charge < -0.3 is 15.7 Å². The van der Waals surface area contributed by atoms with Crippen LogP contribution in [0.3, 0.4) is 0 Å². The van der Waals surface area contributed by atoms with E-state index in [0.717, 1.165) is 25.9 Å². The van der Waals surface area contributed by atoms with Crippen LogP contribution >= 0.6 is 0 Å². The van der Waals surface area contributed by atoms with Gasteiger partial charge in [-0.1, -0.05) is 19.8 Å². The molecule has 0 bridgehead atoms. The lowest BCUT2D eigenvalue weighted by Gasteiger charge is -2.32. The molecule has 2 aliphatic rings. The fourth-order valence-corrected chi connectivity index (χ4v) is 3.07. The zero-order valence-electron chi connectivity index (χ0n) is 10.6. The number of nitrogens with one attached hydrogen (secondary N) is 2. The second-order valence-electron chi connectivity index (χ2n) is 5.58. The van der Waals surface area contributed by atoms with Crippen LogP contribution in [0.4, 0.5) is 0 Å². The average Bonchev–Trinajstić information content (AvgIpc) is 2.76. The van der Waals surface area contributed by atoms with Crippen LogP contribution in [0.1, 0.15) is 32.6 Å². The molecule has 0 aromatic heterocycles. The lowest BCUT2D eigenvalue weighted by atomic mass is 9.84. The molecule has 4 atom stereocenters. The standard InChI is InChI=1S/C13H24N2O2/c1-9-6-14-7-11(9)13(17)15-12-5-3-2-4-10(12)8-16/h9-12,14,16H,2-8H2,1H3,(H,15,17). The summed E-state index contributed by atoms with van der Waals surface area (Å²) in [7, 11) is 0. The molecule has 4 unspecified atom stereocenters. The molecule has 1 heterocycles. The van der Waals surface area contributed by atoms with Gasteiger partial charge in [-0.25, -0.2) is 0 Å². The Kier molecular flexibility index (Phi) is 4.40. The van der Waals surface area contributed by atoms with E-state index in [-0.39, 0.29) is 30.4 Å². The van der Waals surface area contributed by atoms with E-state index in [1.807, 2.05) is 0 Å². The van der Waals surface area contributed by atoms with Gasteiger partial charge in [-0.3, -0.25) is 4.79 Å². The molecule has 0 radical (unpaired) electrons. The van der Waals surface area contributed by atoms with Gasteiger partial charge in [0.15, 0.2) is 0 Å². The molecule has 17 heavy (non-hydrogen) atoms. The average molecular weight is 240 g/mol. The molecular weight excluding hydrogens is 216 g/mol. The summed E-state index contributed by atoms with van der Waals surface area (Å²) in [6.45, 7) is 4.05. The predicted octanol–water partition coefficient (Wildman–Crippen LogP) is 0.509. The Morgan fingerprint density at radius 3 is 2.76 bits per heavy atom. The first kappa shape index (κ1) is 12.8. The number of carbonyl (C=O) groups excluding carboxylic acids is 1. The van der Waals surface area contributed by atoms with Gasteiger partial charge in [-0.05, 0) is 25.3 Å². The van der Waals surface area contributed by atoms with Crippen LogP contribution in [-0.2, 0) is 4.79 Å². The molecule has 98 valence electrons. The zero-order chi connectivity index (χ0) is 12.3. The van der Waals surface area contributed by atoms with E-state index in [9.17, 15) is 9.90 Å². The summed E-state index contributed by atoms with van der Waals surface area (Å²) in [6, 6.07) is 0.189. The van der Waals surface area contributed by atoms with Gasteiger partial charge in [-0.2, -0.15) is 0 Å². The minimum atomic E-state index is 0.108. The highest BCUT2D eigenvalue weighted by Gasteiger charge is 2.33. The highest BCUT2D eigenvalue weighted by atomic mass is 16.3. The first-order chi connectivity index (χ1) is 8.22. The molecule has 0 aromatic rings. The third kappa shape index (κ3) is 2.99. The minimum Gasteiger partial charge on any atom is -0.396 e. The van der Waals surface area contributed by atoms with Gasteiger partial charge in [0, 0.05) is 25.1 Å². The van der Waals surface area contributed by atoms with Crippen molar-refractivity contribution in [3.8, 4) is 0 Å². The van der Waals surface area contributed by atoms with Crippen molar-refractivity contribution in [2.45, 2.75) is 38.6 Å². The Morgan fingerprint density at radius 2 is 2.12 bits per heavy atom. The van der Waals surface area contributed by atoms with E-state index in [1.54, 1.807) is 0 Å². The Morgan fingerprint density at radius 1 is 1.35 bits per heavy atom. The number of hydrogen-bond acceptors (Lipinski definition) is 3. The molecule has 1 aliphatic carbocycles. The maximum absolute atomic E-state index is 12.2. The molecule has 2 fully saturated rings. The van der Waals surface area contributed by atoms with Gasteiger partial charge in [0.2, 0.25) is 5.91 Å². The fourth-order valence-electron chi connectivity index (χ4n) is 3.07. The Bertz CT molecular complexity index is 270. The number of rotatable bonds is 3. The smallest absolute Gasteiger partial charge is 0.224 e. The molecular formula is C13H24N2O2. The van der Waals surface area contributed by atoms with Crippen molar-refractivity contribution >= 4 is 5.91 Å². The van der Waals surface area contributed by atoms with Crippen molar-refractivity contribution in [2.75, 3.05) is 19.7 Å². The summed E-state index contributed by atoms with van der Waals surface area (Å²) in [5.41, 5.74) is 0. The third-order valence-electron chi connectivity index (χ3n) is 4.33. The van der Waals surface area contributed by atoms with Crippen LogP contribution in [-0.4, -0.2) is 36.8 Å². The lowest BCUT2D eigenvalue weighted by Crippen LogP contribution is -2.46. The summed E-state index contributed by atoms with van der Waals surface area (Å²) < 4.78 is 0. The van der Waals surface area contributed by atoms with Crippen LogP contribution in [0, 0.1) is 17.8 Å². The van der Waals surface area contributed by atoms with E-state index in [1.165, 1.54) is 12.8 Å². The van der Waals surface area contributed by atoms with Gasteiger partial charge in [-0.15, -0.1) is 0 Å². The Hall–Kier alpha value is -0.610. The Labute approximate surface area is 103 Å². The van der Waals surface area contributed by atoms with Gasteiger partial charge in [0.25, 0.3) is 0 Å². The summed E-state index contributed by atoms with van der Waals surface area (Å²) in [5, 5.41) is 15.7. The highest BCUT2D eigenvalue weighted by Crippen LogP contribution is 2.25. The maximum atomic E-state index is 12.2. The summed E-state index contributed by atoms with van der Waals surface area (Å²) in [6.07, 6.45) is 4.41. The van der Waals surface area contributed by atoms with Crippen molar-refractivity contribution < 1.29 is 9.90 Å². The van der Waals surface area contributed by atoms with E-state index in [0.29, 0.717) is 5.92 Å². The molecule has 1 saturated carbocycles. The summed E-state index contributed by atoms with van der Waals surface area (Å²) in [5.74, 6) is 0.965. The van der Waals surface area contributed by atoms with E-state index in [4.69, 9.17) is 0 Å². The van der Waals surface area contributed by atoms with Crippen LogP contribution in [0.5, 0.6) is 0 Å². The number of aliphatic hydroxyl groups is 1. The summed E-state index contributed by atoms with van der Waals surface area (Å²) >= 11 is 0.